The highest BCUT2D eigenvalue weighted by molar-refractivity contribution is 6.56. The van der Waals surface area contributed by atoms with Gasteiger partial charge in [-0.05, 0) is 257 Å². The number of hydrogen-bond donors (Lipinski definition) is 0. The highest BCUT2D eigenvalue weighted by Crippen LogP contribution is 2.49. The SMILES string of the molecule is CC(C)(C)OC(=O)CCCOc1ccc(/C(=C(\B2OC(C)(C)C(C)(C)O2)C2CCC2)c2ccc3c(cnn3C3CCCCO3)c2)cc1.CC(C)(C)OC(=O)CCCOc1ccc(/C(=C(\c2ccccc2)C2CCC2)c2ccc3c(cnn3C3CCCCO3)c2)cc1. The van der Waals surface area contributed by atoms with Gasteiger partial charge in [-0.15, -0.1) is 0 Å². The molecular formula is C76H95BN4O10. The Kier molecular flexibility index (Phi) is 20.5. The van der Waals surface area contributed by atoms with E-state index >= 15 is 0 Å². The van der Waals surface area contributed by atoms with Gasteiger partial charge in [-0.1, -0.05) is 79.6 Å². The van der Waals surface area contributed by atoms with Crippen LogP contribution >= 0.6 is 0 Å². The monoisotopic (exact) mass is 1230 g/mol. The summed E-state index contributed by atoms with van der Waals surface area (Å²) in [6.07, 6.45) is 19.4. The number of benzene rings is 5. The van der Waals surface area contributed by atoms with Crippen LogP contribution in [0, 0.1) is 11.8 Å². The third-order valence-electron chi connectivity index (χ3n) is 18.5. The van der Waals surface area contributed by atoms with E-state index in [-0.39, 0.29) is 24.4 Å². The fourth-order valence-electron chi connectivity index (χ4n) is 12.8. The largest absolute Gasteiger partial charge is 0.494 e. The Labute approximate surface area is 539 Å². The normalized spacial score (nSPS) is 20.0. The molecule has 3 aliphatic heterocycles. The second kappa shape index (κ2) is 28.5. The summed E-state index contributed by atoms with van der Waals surface area (Å²) >= 11 is 0. The first-order chi connectivity index (χ1) is 43.7. The van der Waals surface area contributed by atoms with Crippen molar-refractivity contribution < 1.29 is 47.3 Å². The Morgan fingerprint density at radius 3 is 1.37 bits per heavy atom. The minimum absolute atomic E-state index is 0.00801. The molecule has 482 valence electrons. The predicted octanol–water partition coefficient (Wildman–Crippen LogP) is 17.5. The summed E-state index contributed by atoms with van der Waals surface area (Å²) in [5, 5.41) is 11.7. The minimum Gasteiger partial charge on any atom is -0.494 e. The standard InChI is InChI=1S/C38H51BN2O6.C38H44N2O4/c1-36(2,3)45-33(42)15-11-23-43-30-19-16-26(17-20-30)34(35(27-12-10-13-27)39-46-37(4,5)38(6,7)47-39)28-18-21-31-29(24-28)25-40-41(31)32-14-8-9-22-44-32;1-38(2,3)44-35(41)16-10-24-42-32-20-17-29(18-21-32)37(36(28-13-9-14-28)27-11-5-4-6-12-27)30-19-22-33-31(25-30)26-39-40(33)34-15-7-8-23-43-34/h16-21,24-25,27,32H,8-15,22-23H2,1-7H3;4-6,11-12,17-22,25-26,28,34H,7-10,13-16,23-24H2,1-3H3/b35-34+;37-36-. The van der Waals surface area contributed by atoms with Crippen LogP contribution in [0.15, 0.2) is 133 Å². The second-order valence-corrected chi connectivity index (χ2v) is 28.3. The number of nitrogens with zero attached hydrogens (tertiary/aromatic N) is 4. The minimum atomic E-state index is -0.480. The first-order valence-corrected chi connectivity index (χ1v) is 33.6. The van der Waals surface area contributed by atoms with Crippen molar-refractivity contribution in [1.82, 2.24) is 19.6 Å². The van der Waals surface area contributed by atoms with Gasteiger partial charge in [-0.3, -0.25) is 9.59 Å². The maximum absolute atomic E-state index is 12.1. The summed E-state index contributed by atoms with van der Waals surface area (Å²) in [4.78, 5) is 24.2. The van der Waals surface area contributed by atoms with Gasteiger partial charge in [0.1, 0.15) is 22.7 Å². The molecule has 3 saturated heterocycles. The van der Waals surface area contributed by atoms with Gasteiger partial charge in [-0.2, -0.15) is 10.2 Å². The molecule has 91 heavy (non-hydrogen) atoms. The Bertz CT molecular complexity index is 3650. The van der Waals surface area contributed by atoms with E-state index in [4.69, 9.17) is 47.9 Å². The van der Waals surface area contributed by atoms with Crippen LogP contribution in [-0.2, 0) is 37.8 Å². The van der Waals surface area contributed by atoms with Crippen molar-refractivity contribution in [3.05, 3.63) is 161 Å². The Morgan fingerprint density at radius 1 is 0.516 bits per heavy atom. The molecule has 14 nitrogen and oxygen atoms in total. The number of aromatic nitrogens is 4. The van der Waals surface area contributed by atoms with Crippen LogP contribution in [0.1, 0.15) is 212 Å². The molecule has 2 aliphatic carbocycles. The van der Waals surface area contributed by atoms with Crippen LogP contribution in [0.2, 0.25) is 0 Å². The van der Waals surface area contributed by atoms with Crippen molar-refractivity contribution in [3.63, 3.8) is 0 Å². The maximum Gasteiger partial charge on any atom is 0.491 e. The number of allylic oxidation sites excluding steroid dienone is 2. The molecule has 12 rings (SSSR count). The summed E-state index contributed by atoms with van der Waals surface area (Å²) in [5.74, 6) is 2.06. The zero-order chi connectivity index (χ0) is 63.9. The summed E-state index contributed by atoms with van der Waals surface area (Å²) in [6.45, 7) is 22.2. The highest BCUT2D eigenvalue weighted by atomic mass is 16.7. The number of carbonyl (C=O) groups excluding carboxylic acids is 2. The molecule has 7 aromatic rings. The van der Waals surface area contributed by atoms with E-state index in [0.717, 1.165) is 108 Å². The van der Waals surface area contributed by atoms with E-state index in [2.05, 4.69) is 123 Å². The van der Waals surface area contributed by atoms with Crippen LogP contribution in [-0.4, -0.2) is 87.4 Å². The number of esters is 2. The van der Waals surface area contributed by atoms with Crippen molar-refractivity contribution in [3.8, 4) is 11.5 Å². The molecule has 5 heterocycles. The third-order valence-corrected chi connectivity index (χ3v) is 18.5. The van der Waals surface area contributed by atoms with Gasteiger partial charge in [0, 0.05) is 36.8 Å². The molecule has 0 bridgehead atoms. The predicted molar refractivity (Wildman–Crippen MR) is 360 cm³/mol. The van der Waals surface area contributed by atoms with Crippen LogP contribution < -0.4 is 9.47 Å². The van der Waals surface area contributed by atoms with E-state index in [1.54, 1.807) is 0 Å². The lowest BCUT2D eigenvalue weighted by atomic mass is 9.60. The van der Waals surface area contributed by atoms with Crippen molar-refractivity contribution >= 4 is 57.6 Å². The second-order valence-electron chi connectivity index (χ2n) is 28.3. The summed E-state index contributed by atoms with van der Waals surface area (Å²) in [5.41, 5.74) is 11.2. The maximum atomic E-state index is 12.1. The van der Waals surface area contributed by atoms with E-state index < -0.39 is 29.5 Å². The molecule has 0 radical (unpaired) electrons. The first-order valence-electron chi connectivity index (χ1n) is 33.6. The molecule has 5 fully saturated rings. The van der Waals surface area contributed by atoms with Crippen LogP contribution in [0.4, 0.5) is 0 Å². The molecule has 0 amide bonds. The first kappa shape index (κ1) is 65.5. The summed E-state index contributed by atoms with van der Waals surface area (Å²) in [6, 6.07) is 41.0. The fourth-order valence-corrected chi connectivity index (χ4v) is 12.8. The van der Waals surface area contributed by atoms with Gasteiger partial charge in [0.25, 0.3) is 0 Å². The van der Waals surface area contributed by atoms with Gasteiger partial charge < -0.3 is 37.7 Å². The van der Waals surface area contributed by atoms with Gasteiger partial charge >= 0.3 is 19.1 Å². The molecule has 2 atom stereocenters. The number of ether oxygens (including phenoxy) is 6. The summed E-state index contributed by atoms with van der Waals surface area (Å²) < 4.78 is 52.6. The van der Waals surface area contributed by atoms with Crippen LogP contribution in [0.5, 0.6) is 11.5 Å². The van der Waals surface area contributed by atoms with E-state index in [1.807, 2.05) is 82.9 Å². The number of fused-ring (bicyclic) bond motifs is 2. The van der Waals surface area contributed by atoms with Gasteiger partial charge in [0.05, 0.1) is 47.8 Å². The molecule has 0 N–H and O–H groups in total. The fraction of sp³-hybridized carbons (Fsp3) is 0.500. The highest BCUT2D eigenvalue weighted by Gasteiger charge is 2.54. The van der Waals surface area contributed by atoms with E-state index in [9.17, 15) is 9.59 Å². The van der Waals surface area contributed by atoms with Crippen molar-refractivity contribution in [1.29, 1.82) is 0 Å². The lowest BCUT2D eigenvalue weighted by Gasteiger charge is -2.32. The number of hydrogen-bond acceptors (Lipinski definition) is 12. The summed E-state index contributed by atoms with van der Waals surface area (Å²) in [7, 11) is -0.446. The number of rotatable bonds is 20. The zero-order valence-electron chi connectivity index (χ0n) is 55.5. The average molecular weight is 1240 g/mol. The quantitative estimate of drug-likeness (QED) is 0.0310. The molecule has 15 heteroatoms. The number of carbonyl (C=O) groups is 2. The van der Waals surface area contributed by atoms with Crippen molar-refractivity contribution in [2.24, 2.45) is 11.8 Å². The van der Waals surface area contributed by atoms with Gasteiger partial charge in [0.15, 0.2) is 12.5 Å². The Hall–Kier alpha value is -7.04. The van der Waals surface area contributed by atoms with Gasteiger partial charge in [0.2, 0.25) is 0 Å². The van der Waals surface area contributed by atoms with Crippen LogP contribution in [0.3, 0.4) is 0 Å². The zero-order valence-corrected chi connectivity index (χ0v) is 55.5. The van der Waals surface area contributed by atoms with E-state index in [1.165, 1.54) is 65.4 Å². The molecule has 2 unspecified atom stereocenters. The molecule has 5 aliphatic rings. The molecule has 2 saturated carbocycles. The van der Waals surface area contributed by atoms with Gasteiger partial charge in [-0.25, -0.2) is 9.36 Å². The molecule has 5 aromatic carbocycles. The Morgan fingerprint density at radius 2 is 0.956 bits per heavy atom. The van der Waals surface area contributed by atoms with E-state index in [0.29, 0.717) is 50.7 Å². The lowest BCUT2D eigenvalue weighted by Crippen LogP contribution is -2.41. The molecule has 2 aromatic heterocycles. The average Bonchev–Trinajstić information content (AvgIpc) is 1.70. The Balaban J connectivity index is 0.000000187. The lowest BCUT2D eigenvalue weighted by molar-refractivity contribution is -0.156. The topological polar surface area (TPSA) is 144 Å². The molecule has 0 spiro atoms. The third kappa shape index (κ3) is 16.1. The van der Waals surface area contributed by atoms with Crippen molar-refractivity contribution in [2.75, 3.05) is 26.4 Å². The van der Waals surface area contributed by atoms with Crippen molar-refractivity contribution in [2.45, 2.75) is 207 Å². The van der Waals surface area contributed by atoms with Crippen LogP contribution in [0.25, 0.3) is 38.5 Å². The smallest absolute Gasteiger partial charge is 0.491 e. The molecular weight excluding hydrogens is 1140 g/mol.